The Kier molecular flexibility index (Phi) is 4.86. The summed E-state index contributed by atoms with van der Waals surface area (Å²) < 4.78 is 3.31. The van der Waals surface area contributed by atoms with E-state index in [0.717, 1.165) is 11.5 Å². The molecule has 26 heavy (non-hydrogen) atoms. The van der Waals surface area contributed by atoms with Crippen molar-refractivity contribution in [2.45, 2.75) is 26.0 Å². The van der Waals surface area contributed by atoms with Crippen molar-refractivity contribution in [1.29, 1.82) is 0 Å². The molecule has 2 aromatic heterocycles. The molecule has 0 aliphatic carbocycles. The van der Waals surface area contributed by atoms with Crippen molar-refractivity contribution < 1.29 is 9.90 Å². The molecule has 0 saturated carbocycles. The van der Waals surface area contributed by atoms with Crippen LogP contribution in [0.2, 0.25) is 0 Å². The Morgan fingerprint density at radius 1 is 1.27 bits per heavy atom. The Morgan fingerprint density at radius 2 is 1.96 bits per heavy atom. The highest BCUT2D eigenvalue weighted by molar-refractivity contribution is 5.84. The van der Waals surface area contributed by atoms with Gasteiger partial charge in [-0.2, -0.15) is 0 Å². The number of anilines is 1. The number of imidazole rings is 1. The zero-order chi connectivity index (χ0) is 18.9. The van der Waals surface area contributed by atoms with E-state index in [4.69, 9.17) is 0 Å². The van der Waals surface area contributed by atoms with Crippen molar-refractivity contribution >= 4 is 11.9 Å². The maximum atomic E-state index is 12.8. The zero-order valence-corrected chi connectivity index (χ0v) is 15.4. The molecule has 1 saturated heterocycles. The molecule has 0 aromatic carbocycles. The summed E-state index contributed by atoms with van der Waals surface area (Å²) in [6.45, 7) is 5.54. The van der Waals surface area contributed by atoms with E-state index < -0.39 is 5.60 Å². The van der Waals surface area contributed by atoms with Crippen LogP contribution < -0.4 is 10.5 Å². The van der Waals surface area contributed by atoms with Gasteiger partial charge in [0.25, 0.3) is 11.5 Å². The van der Waals surface area contributed by atoms with E-state index in [2.05, 4.69) is 9.88 Å². The van der Waals surface area contributed by atoms with Crippen molar-refractivity contribution in [3.05, 3.63) is 46.6 Å². The van der Waals surface area contributed by atoms with Crippen LogP contribution in [0.3, 0.4) is 0 Å². The molecule has 3 heterocycles. The zero-order valence-electron chi connectivity index (χ0n) is 15.4. The van der Waals surface area contributed by atoms with E-state index in [1.807, 2.05) is 24.7 Å². The van der Waals surface area contributed by atoms with Crippen LogP contribution in [0, 0.1) is 6.92 Å². The molecule has 8 heteroatoms. The minimum atomic E-state index is -1.63. The van der Waals surface area contributed by atoms with Gasteiger partial charge in [0, 0.05) is 57.9 Å². The Balaban J connectivity index is 1.65. The van der Waals surface area contributed by atoms with Gasteiger partial charge in [-0.3, -0.25) is 9.59 Å². The smallest absolute Gasteiger partial charge is 0.256 e. The largest absolute Gasteiger partial charge is 0.378 e. The van der Waals surface area contributed by atoms with Gasteiger partial charge in [-0.25, -0.2) is 4.98 Å². The molecule has 8 nitrogen and oxygen atoms in total. The molecule has 1 atom stereocenters. The fourth-order valence-electron chi connectivity index (χ4n) is 3.25. The van der Waals surface area contributed by atoms with Gasteiger partial charge in [-0.1, -0.05) is 0 Å². The molecule has 140 valence electrons. The molecular formula is C18H25N5O3. The summed E-state index contributed by atoms with van der Waals surface area (Å²) in [6, 6.07) is 3.28. The maximum Gasteiger partial charge on any atom is 0.256 e. The second-order valence-corrected chi connectivity index (χ2v) is 7.06. The van der Waals surface area contributed by atoms with Gasteiger partial charge in [-0.05, 0) is 25.5 Å². The molecule has 0 radical (unpaired) electrons. The third-order valence-electron chi connectivity index (χ3n) is 4.74. The summed E-state index contributed by atoms with van der Waals surface area (Å²) in [6.07, 6.45) is 5.24. The van der Waals surface area contributed by atoms with Crippen LogP contribution in [0.25, 0.3) is 0 Å². The van der Waals surface area contributed by atoms with Gasteiger partial charge in [0.05, 0.1) is 6.54 Å². The lowest BCUT2D eigenvalue weighted by molar-refractivity contribution is -0.151. The van der Waals surface area contributed by atoms with E-state index >= 15 is 0 Å². The number of hydrogen-bond acceptors (Lipinski definition) is 5. The average molecular weight is 359 g/mol. The summed E-state index contributed by atoms with van der Waals surface area (Å²) in [5.74, 6) is 0.513. The molecule has 1 fully saturated rings. The van der Waals surface area contributed by atoms with E-state index in [-0.39, 0.29) is 18.0 Å². The third-order valence-corrected chi connectivity index (χ3v) is 4.74. The van der Waals surface area contributed by atoms with E-state index in [1.54, 1.807) is 23.4 Å². The standard InChI is InChI=1S/C18H25N5O3/c1-14-4-6-23(15(24)12-14)13-18(2,26)16(25)21-8-10-22(11-9-21)17-19-5-7-20(17)3/h4-7,12,26H,8-11,13H2,1-3H3. The number of hydrogen-bond donors (Lipinski definition) is 1. The quantitative estimate of drug-likeness (QED) is 0.830. The highest BCUT2D eigenvalue weighted by Gasteiger charge is 2.36. The number of carbonyl (C=O) groups is 1. The van der Waals surface area contributed by atoms with Crippen LogP contribution >= 0.6 is 0 Å². The molecule has 1 amide bonds. The van der Waals surface area contributed by atoms with Crippen molar-refractivity contribution in [3.63, 3.8) is 0 Å². The van der Waals surface area contributed by atoms with Crippen LogP contribution in [-0.2, 0) is 18.4 Å². The monoisotopic (exact) mass is 359 g/mol. The van der Waals surface area contributed by atoms with Gasteiger partial charge in [0.2, 0.25) is 5.95 Å². The normalized spacial score (nSPS) is 17.2. The number of pyridine rings is 1. The second kappa shape index (κ2) is 6.95. The lowest BCUT2D eigenvalue weighted by atomic mass is 10.0. The maximum absolute atomic E-state index is 12.8. The highest BCUT2D eigenvalue weighted by atomic mass is 16.3. The number of rotatable bonds is 4. The third kappa shape index (κ3) is 3.65. The molecule has 3 rings (SSSR count). The van der Waals surface area contributed by atoms with Crippen LogP contribution in [0.15, 0.2) is 35.5 Å². The fourth-order valence-corrected chi connectivity index (χ4v) is 3.25. The SMILES string of the molecule is Cc1ccn(CC(C)(O)C(=O)N2CCN(c3nccn3C)CC2)c(=O)c1. The molecule has 2 aromatic rings. The highest BCUT2D eigenvalue weighted by Crippen LogP contribution is 2.17. The van der Waals surface area contributed by atoms with Crippen LogP contribution in [-0.4, -0.2) is 61.8 Å². The topological polar surface area (TPSA) is 83.6 Å². The Labute approximate surface area is 152 Å². The molecule has 1 aliphatic rings. The average Bonchev–Trinajstić information content (AvgIpc) is 3.03. The van der Waals surface area contributed by atoms with Gasteiger partial charge in [0.15, 0.2) is 5.60 Å². The first-order chi connectivity index (χ1) is 12.3. The summed E-state index contributed by atoms with van der Waals surface area (Å²) in [5, 5.41) is 10.7. The molecular weight excluding hydrogens is 334 g/mol. The first kappa shape index (κ1) is 18.2. The summed E-state index contributed by atoms with van der Waals surface area (Å²) >= 11 is 0. The van der Waals surface area contributed by atoms with Crippen molar-refractivity contribution in [3.8, 4) is 0 Å². The van der Waals surface area contributed by atoms with Crippen molar-refractivity contribution in [2.24, 2.45) is 7.05 Å². The van der Waals surface area contributed by atoms with Crippen LogP contribution in [0.5, 0.6) is 0 Å². The number of aromatic nitrogens is 3. The Hall–Kier alpha value is -2.61. The number of aryl methyl sites for hydroxylation is 2. The number of nitrogens with zero attached hydrogens (tertiary/aromatic N) is 5. The predicted molar refractivity (Wildman–Crippen MR) is 98.1 cm³/mol. The molecule has 1 N–H and O–H groups in total. The van der Waals surface area contributed by atoms with Gasteiger partial charge in [-0.15, -0.1) is 0 Å². The summed E-state index contributed by atoms with van der Waals surface area (Å²) in [4.78, 5) is 32.9. The first-order valence-corrected chi connectivity index (χ1v) is 8.69. The Bertz CT molecular complexity index is 847. The van der Waals surface area contributed by atoms with Crippen LogP contribution in [0.4, 0.5) is 5.95 Å². The lowest BCUT2D eigenvalue weighted by Gasteiger charge is -2.38. The molecule has 1 unspecified atom stereocenters. The summed E-state index contributed by atoms with van der Waals surface area (Å²) in [5.41, 5.74) is -1.01. The van der Waals surface area contributed by atoms with Crippen molar-refractivity contribution in [1.82, 2.24) is 19.0 Å². The second-order valence-electron chi connectivity index (χ2n) is 7.06. The predicted octanol–water partition coefficient (Wildman–Crippen LogP) is -0.00998. The molecule has 0 spiro atoms. The van der Waals surface area contributed by atoms with Gasteiger partial charge >= 0.3 is 0 Å². The number of aliphatic hydroxyl groups is 1. The molecule has 0 bridgehead atoms. The fraction of sp³-hybridized carbons (Fsp3) is 0.500. The van der Waals surface area contributed by atoms with E-state index in [0.29, 0.717) is 26.2 Å². The number of carbonyl (C=O) groups excluding carboxylic acids is 1. The first-order valence-electron chi connectivity index (χ1n) is 8.69. The van der Waals surface area contributed by atoms with E-state index in [9.17, 15) is 14.7 Å². The number of piperazine rings is 1. The van der Waals surface area contributed by atoms with Gasteiger partial charge in [0.1, 0.15) is 0 Å². The van der Waals surface area contributed by atoms with Gasteiger partial charge < -0.3 is 24.0 Å². The Morgan fingerprint density at radius 3 is 2.54 bits per heavy atom. The van der Waals surface area contributed by atoms with Crippen molar-refractivity contribution in [2.75, 3.05) is 31.1 Å². The lowest BCUT2D eigenvalue weighted by Crippen LogP contribution is -2.56. The molecule has 1 aliphatic heterocycles. The van der Waals surface area contributed by atoms with E-state index in [1.165, 1.54) is 17.6 Å². The minimum absolute atomic E-state index is 0.0650. The minimum Gasteiger partial charge on any atom is -0.378 e. The summed E-state index contributed by atoms with van der Waals surface area (Å²) in [7, 11) is 1.93. The number of amides is 1. The van der Waals surface area contributed by atoms with Crippen LogP contribution in [0.1, 0.15) is 12.5 Å².